The zero-order valence-electron chi connectivity index (χ0n) is 2.34. The first-order valence-corrected chi connectivity index (χ1v) is 8.72. The average molecular weight is 253 g/mol. The summed E-state index contributed by atoms with van der Waals surface area (Å²) in [6.45, 7) is 0. The van der Waals surface area contributed by atoms with Crippen LogP contribution in [0.3, 0.4) is 0 Å². The van der Waals surface area contributed by atoms with Crippen molar-refractivity contribution in [2.24, 2.45) is 0 Å². The third-order valence-corrected chi connectivity index (χ3v) is 0. The van der Waals surface area contributed by atoms with Crippen molar-refractivity contribution in [3.05, 3.63) is 0 Å². The maximum absolute atomic E-state index is 5.13. The minimum atomic E-state index is -3.35. The predicted molar refractivity (Wildman–Crippen MR) is 39.3 cm³/mol. The van der Waals surface area contributed by atoms with Gasteiger partial charge in [-0.3, -0.25) is 0 Å². The van der Waals surface area contributed by atoms with Gasteiger partial charge < -0.3 is 0 Å². The molecule has 6 heavy (non-hydrogen) atoms. The van der Waals surface area contributed by atoms with Crippen LogP contribution in [0.15, 0.2) is 0 Å². The van der Waals surface area contributed by atoms with Crippen molar-refractivity contribution in [1.82, 2.24) is 0 Å². The van der Waals surface area contributed by atoms with Crippen LogP contribution in [0.4, 0.5) is 0 Å². The van der Waals surface area contributed by atoms with Crippen molar-refractivity contribution in [3.8, 4) is 0 Å². The van der Waals surface area contributed by atoms with E-state index in [2.05, 4.69) is 15.5 Å². The van der Waals surface area contributed by atoms with Crippen molar-refractivity contribution in [3.63, 3.8) is 0 Å². The van der Waals surface area contributed by atoms with Gasteiger partial charge in [0.2, 0.25) is 0 Å². The van der Waals surface area contributed by atoms with Crippen molar-refractivity contribution in [2.45, 2.75) is 0 Å². The van der Waals surface area contributed by atoms with Gasteiger partial charge in [0, 0.05) is 0 Å². The molecule has 0 aromatic heterocycles. The van der Waals surface area contributed by atoms with Gasteiger partial charge >= 0.3 is 63.2 Å². The summed E-state index contributed by atoms with van der Waals surface area (Å²) in [5, 5.41) is 0. The summed E-state index contributed by atoms with van der Waals surface area (Å²) in [5.41, 5.74) is 0. The molecule has 0 N–H and O–H groups in total. The fraction of sp³-hybridized carbons (Fsp3) is 0. The number of rotatable bonds is 0. The Morgan fingerprint density at radius 1 is 1.00 bits per heavy atom. The monoisotopic (exact) mass is 250 g/mol. The van der Waals surface area contributed by atoms with Crippen LogP contribution in [0.5, 0.6) is 0 Å². The summed E-state index contributed by atoms with van der Waals surface area (Å²) in [7, 11) is 0. The first kappa shape index (κ1) is 8.07. The van der Waals surface area contributed by atoms with Gasteiger partial charge in [0.25, 0.3) is 0 Å². The Labute approximate surface area is 62.9 Å². The van der Waals surface area contributed by atoms with E-state index in [1.165, 1.54) is 0 Å². The van der Waals surface area contributed by atoms with Gasteiger partial charge in [0.1, 0.15) is 0 Å². The molecule has 0 aromatic carbocycles. The first-order chi connectivity index (χ1) is 2.24. The molecule has 0 unspecified atom stereocenters. The SMILES string of the molecule is ClP(Cl)(Cl)(Cl)Br. The van der Waals surface area contributed by atoms with Gasteiger partial charge in [0.15, 0.2) is 0 Å². The van der Waals surface area contributed by atoms with Crippen LogP contribution in [-0.4, -0.2) is 0 Å². The van der Waals surface area contributed by atoms with E-state index in [9.17, 15) is 0 Å². The Bertz CT molecular complexity index is 40.7. The first-order valence-electron chi connectivity index (χ1n) is 0.845. The molecule has 40 valence electrons. The Morgan fingerprint density at radius 2 is 1.00 bits per heavy atom. The van der Waals surface area contributed by atoms with Crippen molar-refractivity contribution >= 4 is 63.2 Å². The molecule has 0 aliphatic heterocycles. The number of hydrogen-bond donors (Lipinski definition) is 0. The van der Waals surface area contributed by atoms with Crippen LogP contribution in [0, 0.1) is 0 Å². The van der Waals surface area contributed by atoms with E-state index >= 15 is 0 Å². The molecule has 0 atom stereocenters. The summed E-state index contributed by atoms with van der Waals surface area (Å²) >= 11 is 23.2. The van der Waals surface area contributed by atoms with E-state index in [4.69, 9.17) is 45.0 Å². The molecule has 6 heteroatoms. The van der Waals surface area contributed by atoms with Crippen LogP contribution < -0.4 is 0 Å². The fourth-order valence-electron chi connectivity index (χ4n) is 0. The average Bonchev–Trinajstić information content (AvgIpc) is 0.650. The van der Waals surface area contributed by atoms with Gasteiger partial charge in [0.05, 0.1) is 0 Å². The molecule has 0 aliphatic carbocycles. The summed E-state index contributed by atoms with van der Waals surface area (Å²) in [6.07, 6.45) is 0. The van der Waals surface area contributed by atoms with E-state index in [1.54, 1.807) is 0 Å². The molecule has 0 nitrogen and oxygen atoms in total. The van der Waals surface area contributed by atoms with E-state index in [0.29, 0.717) is 0 Å². The summed E-state index contributed by atoms with van der Waals surface area (Å²) in [4.78, 5) is 0. The Morgan fingerprint density at radius 3 is 1.00 bits per heavy atom. The van der Waals surface area contributed by atoms with Gasteiger partial charge in [-0.15, -0.1) is 0 Å². The summed E-state index contributed by atoms with van der Waals surface area (Å²) < 4.78 is -3.35. The molecule has 0 heterocycles. The maximum atomic E-state index is 5.13. The zero-order chi connectivity index (χ0) is 5.45. The molecule has 0 rings (SSSR count). The van der Waals surface area contributed by atoms with E-state index < -0.39 is 2.72 Å². The second-order valence-corrected chi connectivity index (χ2v) is 22.3. The van der Waals surface area contributed by atoms with Crippen LogP contribution in [0.1, 0.15) is 0 Å². The number of halogens is 5. The predicted octanol–water partition coefficient (Wildman–Crippen LogP) is 4.46. The molecule has 0 saturated carbocycles. The van der Waals surface area contributed by atoms with Crippen molar-refractivity contribution < 1.29 is 0 Å². The van der Waals surface area contributed by atoms with Gasteiger partial charge in [-0.25, -0.2) is 0 Å². The molecule has 0 fully saturated rings. The van der Waals surface area contributed by atoms with Crippen LogP contribution in [0.25, 0.3) is 0 Å². The van der Waals surface area contributed by atoms with Gasteiger partial charge in [-0.2, -0.15) is 0 Å². The van der Waals surface area contributed by atoms with Crippen LogP contribution >= 0.6 is 63.2 Å². The zero-order valence-corrected chi connectivity index (χ0v) is 7.84. The molecular formula is BrCl4P. The van der Waals surface area contributed by atoms with E-state index in [-0.39, 0.29) is 0 Å². The summed E-state index contributed by atoms with van der Waals surface area (Å²) in [5.74, 6) is 0. The molecule has 0 amide bonds. The van der Waals surface area contributed by atoms with Crippen molar-refractivity contribution in [2.75, 3.05) is 0 Å². The Balaban J connectivity index is 3.73. The van der Waals surface area contributed by atoms with Gasteiger partial charge in [-0.1, -0.05) is 0 Å². The second kappa shape index (κ2) is 1.79. The molecule has 0 aromatic rings. The normalized spacial score (nSPS) is 19.2. The molecule has 0 saturated heterocycles. The van der Waals surface area contributed by atoms with Crippen LogP contribution in [0.2, 0.25) is 0 Å². The topological polar surface area (TPSA) is 0 Å². The molecular weight excluding hydrogens is 253 g/mol. The van der Waals surface area contributed by atoms with Gasteiger partial charge in [-0.05, 0) is 0 Å². The molecule has 0 spiro atoms. The Kier molecular flexibility index (Phi) is 2.40. The Hall–Kier alpha value is 2.07. The van der Waals surface area contributed by atoms with Crippen LogP contribution in [-0.2, 0) is 0 Å². The van der Waals surface area contributed by atoms with E-state index in [0.717, 1.165) is 0 Å². The number of hydrogen-bond acceptors (Lipinski definition) is 0. The second-order valence-electron chi connectivity index (χ2n) is 0.639. The fourth-order valence-corrected chi connectivity index (χ4v) is 0. The summed E-state index contributed by atoms with van der Waals surface area (Å²) in [6, 6.07) is 0. The third kappa shape index (κ3) is 36.4. The third-order valence-electron chi connectivity index (χ3n) is 0. The molecule has 0 bridgehead atoms. The van der Waals surface area contributed by atoms with Crippen molar-refractivity contribution in [1.29, 1.82) is 0 Å². The minimum absolute atomic E-state index is 2.67. The molecule has 0 radical (unpaired) electrons. The molecule has 0 aliphatic rings. The standard InChI is InChI=1S/BrCl4P/c1-6(2,3,4)5. The quantitative estimate of drug-likeness (QED) is 0.558. The van der Waals surface area contributed by atoms with E-state index in [1.807, 2.05) is 0 Å².